The van der Waals surface area contributed by atoms with Crippen LogP contribution in [0.25, 0.3) is 11.5 Å². The van der Waals surface area contributed by atoms with E-state index in [0.717, 1.165) is 16.2 Å². The Balaban J connectivity index is 2.24. The van der Waals surface area contributed by atoms with E-state index in [2.05, 4.69) is 0 Å². The van der Waals surface area contributed by atoms with E-state index in [1.165, 1.54) is 13.2 Å². The molecule has 2 aliphatic rings. The molecule has 0 radical (unpaired) electrons. The van der Waals surface area contributed by atoms with Crippen LogP contribution < -0.4 is 14.4 Å². The van der Waals surface area contributed by atoms with Crippen LogP contribution in [-0.4, -0.2) is 25.1 Å². The first-order chi connectivity index (χ1) is 9.63. The number of ketones is 1. The van der Waals surface area contributed by atoms with E-state index in [-0.39, 0.29) is 11.5 Å². The molecule has 2 heterocycles. The van der Waals surface area contributed by atoms with E-state index in [0.29, 0.717) is 17.1 Å². The van der Waals surface area contributed by atoms with Crippen LogP contribution in [0.4, 0.5) is 0 Å². The van der Waals surface area contributed by atoms with E-state index in [1.54, 1.807) is 37.7 Å². The fraction of sp³-hybridized carbons (Fsp3) is 0.133. The number of aliphatic hydroxyl groups excluding tert-OH is 1. The smallest absolute Gasteiger partial charge is 0.189 e. The minimum Gasteiger partial charge on any atom is -0.503 e. The zero-order chi connectivity index (χ0) is 14.3. The summed E-state index contributed by atoms with van der Waals surface area (Å²) in [5.41, 5.74) is 2.17. The molecule has 5 heteroatoms. The first kappa shape index (κ1) is 12.5. The lowest BCUT2D eigenvalue weighted by Crippen LogP contribution is -3.01. The molecule has 1 unspecified atom stereocenters. The van der Waals surface area contributed by atoms with Crippen molar-refractivity contribution in [1.82, 2.24) is 0 Å². The van der Waals surface area contributed by atoms with Gasteiger partial charge in [0.1, 0.15) is 12.4 Å². The van der Waals surface area contributed by atoms with Gasteiger partial charge in [0.05, 0.1) is 19.8 Å². The van der Waals surface area contributed by atoms with Gasteiger partial charge in [0.25, 0.3) is 0 Å². The Morgan fingerprint density at radius 2 is 1.75 bits per heavy atom. The lowest BCUT2D eigenvalue weighted by molar-refractivity contribution is -0.706. The van der Waals surface area contributed by atoms with Crippen molar-refractivity contribution >= 4 is 17.2 Å². The lowest BCUT2D eigenvalue weighted by atomic mass is 9.96. The lowest BCUT2D eigenvalue weighted by Gasteiger charge is -2.24. The normalized spacial score (nSPS) is 19.7. The predicted octanol–water partition coefficient (Wildman–Crippen LogP) is 0.896. The Labute approximate surface area is 116 Å². The first-order valence-corrected chi connectivity index (χ1v) is 6.12. The molecule has 1 atom stereocenters. The second kappa shape index (κ2) is 4.54. The number of aliphatic hydroxyl groups is 1. The Morgan fingerprint density at radius 3 is 2.40 bits per heavy atom. The highest BCUT2D eigenvalue weighted by molar-refractivity contribution is 6.05. The maximum absolute atomic E-state index is 11.6. The maximum atomic E-state index is 11.6. The summed E-state index contributed by atoms with van der Waals surface area (Å²) in [6, 6.07) is 3.48. The summed E-state index contributed by atoms with van der Waals surface area (Å²) in [6.07, 6.45) is 6.38. The van der Waals surface area contributed by atoms with Gasteiger partial charge in [-0.05, 0) is 12.1 Å². The monoisotopic (exact) mass is 272 g/mol. The molecular weight excluding hydrogens is 258 g/mol. The summed E-state index contributed by atoms with van der Waals surface area (Å²) in [7, 11) is 3.09. The molecule has 102 valence electrons. The van der Waals surface area contributed by atoms with Gasteiger partial charge < -0.3 is 14.6 Å². The topological polar surface area (TPSA) is 60.2 Å². The van der Waals surface area contributed by atoms with Crippen LogP contribution in [0.1, 0.15) is 11.1 Å². The molecule has 1 aromatic rings. The number of benzene rings is 1. The molecule has 0 aliphatic carbocycles. The summed E-state index contributed by atoms with van der Waals surface area (Å²) in [4.78, 5) is 12.4. The number of allylic oxidation sites excluding steroid dienone is 2. The van der Waals surface area contributed by atoms with Gasteiger partial charge in [-0.15, -0.1) is 0 Å². The minimum atomic E-state index is -0.0701. The molecule has 5 nitrogen and oxygen atoms in total. The standard InChI is InChI=1S/C15H13NO4/c1-19-14-6-10-11(7-15(14)20-2)13(18)8-16-4-3-9(17)5-12(10)16/h3-8,18H,1-2H3/p+1. The van der Waals surface area contributed by atoms with Gasteiger partial charge in [0.2, 0.25) is 0 Å². The van der Waals surface area contributed by atoms with Crippen molar-refractivity contribution < 1.29 is 24.3 Å². The third kappa shape index (κ3) is 1.80. The Bertz CT molecular complexity index is 685. The minimum absolute atomic E-state index is 0.0701. The second-order valence-electron chi connectivity index (χ2n) is 4.53. The molecule has 0 saturated heterocycles. The van der Waals surface area contributed by atoms with Crippen molar-refractivity contribution in [2.75, 3.05) is 14.2 Å². The highest BCUT2D eigenvalue weighted by Crippen LogP contribution is 2.36. The Hall–Kier alpha value is -2.53. The molecule has 1 aromatic carbocycles. The van der Waals surface area contributed by atoms with Gasteiger partial charge >= 0.3 is 0 Å². The molecular formula is C15H14NO4+. The van der Waals surface area contributed by atoms with Crippen molar-refractivity contribution in [2.45, 2.75) is 0 Å². The van der Waals surface area contributed by atoms with Gasteiger partial charge in [0.15, 0.2) is 28.7 Å². The highest BCUT2D eigenvalue weighted by Gasteiger charge is 2.30. The second-order valence-corrected chi connectivity index (χ2v) is 4.53. The average Bonchev–Trinajstić information content (AvgIpc) is 2.47. The zero-order valence-electron chi connectivity index (χ0n) is 11.1. The number of fused-ring (bicyclic) bond motifs is 3. The number of carbonyl (C=O) groups is 1. The third-order valence-electron chi connectivity index (χ3n) is 3.41. The SMILES string of the molecule is COc1cc2c(cc1OC)C1=CC(=O)C=C[NH+]1C=C2O. The summed E-state index contributed by atoms with van der Waals surface area (Å²) >= 11 is 0. The van der Waals surface area contributed by atoms with Gasteiger partial charge in [-0.25, -0.2) is 4.90 Å². The molecule has 2 aliphatic heterocycles. The number of methoxy groups -OCH3 is 2. The van der Waals surface area contributed by atoms with Crippen molar-refractivity contribution in [3.05, 3.63) is 47.8 Å². The van der Waals surface area contributed by atoms with E-state index in [4.69, 9.17) is 9.47 Å². The van der Waals surface area contributed by atoms with E-state index >= 15 is 0 Å². The van der Waals surface area contributed by atoms with Crippen LogP contribution in [0, 0.1) is 0 Å². The number of hydrogen-bond acceptors (Lipinski definition) is 4. The van der Waals surface area contributed by atoms with Crippen LogP contribution in [0.5, 0.6) is 11.5 Å². The van der Waals surface area contributed by atoms with Crippen molar-refractivity contribution in [3.8, 4) is 11.5 Å². The number of quaternary nitrogens is 1. The van der Waals surface area contributed by atoms with Crippen molar-refractivity contribution in [2.24, 2.45) is 0 Å². The van der Waals surface area contributed by atoms with Crippen LogP contribution in [0.2, 0.25) is 0 Å². The molecule has 0 saturated carbocycles. The third-order valence-corrected chi connectivity index (χ3v) is 3.41. The molecule has 0 aromatic heterocycles. The average molecular weight is 272 g/mol. The fourth-order valence-electron chi connectivity index (χ4n) is 2.43. The van der Waals surface area contributed by atoms with E-state index in [9.17, 15) is 9.90 Å². The first-order valence-electron chi connectivity index (χ1n) is 6.12. The van der Waals surface area contributed by atoms with Gasteiger partial charge in [-0.2, -0.15) is 0 Å². The quantitative estimate of drug-likeness (QED) is 0.839. The summed E-state index contributed by atoms with van der Waals surface area (Å²) in [5.74, 6) is 1.17. The summed E-state index contributed by atoms with van der Waals surface area (Å²) < 4.78 is 10.5. The molecule has 0 bridgehead atoms. The number of carbonyl (C=O) groups excluding carboxylic acids is 1. The predicted molar refractivity (Wildman–Crippen MR) is 73.2 cm³/mol. The number of ether oxygens (including phenoxy) is 2. The Kier molecular flexibility index (Phi) is 2.84. The summed E-state index contributed by atoms with van der Waals surface area (Å²) in [6.45, 7) is 0. The number of rotatable bonds is 2. The maximum Gasteiger partial charge on any atom is 0.189 e. The van der Waals surface area contributed by atoms with E-state index < -0.39 is 0 Å². The number of hydrogen-bond donors (Lipinski definition) is 2. The molecule has 0 fully saturated rings. The van der Waals surface area contributed by atoms with Gasteiger partial charge in [-0.3, -0.25) is 4.79 Å². The van der Waals surface area contributed by atoms with Crippen molar-refractivity contribution in [1.29, 1.82) is 0 Å². The van der Waals surface area contributed by atoms with Crippen LogP contribution in [0.3, 0.4) is 0 Å². The molecule has 3 rings (SSSR count). The van der Waals surface area contributed by atoms with Crippen LogP contribution in [0.15, 0.2) is 36.7 Å². The van der Waals surface area contributed by atoms with Crippen LogP contribution in [-0.2, 0) is 4.79 Å². The highest BCUT2D eigenvalue weighted by atomic mass is 16.5. The molecule has 0 spiro atoms. The number of nitrogens with one attached hydrogen (secondary N) is 1. The van der Waals surface area contributed by atoms with Crippen LogP contribution >= 0.6 is 0 Å². The largest absolute Gasteiger partial charge is 0.503 e. The van der Waals surface area contributed by atoms with Gasteiger partial charge in [0, 0.05) is 17.7 Å². The fourth-order valence-corrected chi connectivity index (χ4v) is 2.43. The van der Waals surface area contributed by atoms with E-state index in [1.807, 2.05) is 0 Å². The molecule has 20 heavy (non-hydrogen) atoms. The summed E-state index contributed by atoms with van der Waals surface area (Å²) in [5, 5.41) is 10.1. The van der Waals surface area contributed by atoms with Gasteiger partial charge in [-0.1, -0.05) is 0 Å². The zero-order valence-corrected chi connectivity index (χ0v) is 11.1. The van der Waals surface area contributed by atoms with Crippen molar-refractivity contribution in [3.63, 3.8) is 0 Å². The Morgan fingerprint density at radius 1 is 1.10 bits per heavy atom. The molecule has 2 N–H and O–H groups in total. The molecule has 0 amide bonds.